The Balaban J connectivity index is 0.00000117. The van der Waals surface area contributed by atoms with E-state index in [2.05, 4.69) is 20.3 Å². The van der Waals surface area contributed by atoms with Crippen molar-refractivity contribution in [1.82, 2.24) is 15.5 Å². The van der Waals surface area contributed by atoms with Gasteiger partial charge in [-0.1, -0.05) is 32.0 Å². The summed E-state index contributed by atoms with van der Waals surface area (Å²) in [7, 11) is 0. The molecule has 0 aliphatic carbocycles. The van der Waals surface area contributed by atoms with Gasteiger partial charge in [0.1, 0.15) is 11.4 Å². The fraction of sp³-hybridized carbons (Fsp3) is 0.222. The van der Waals surface area contributed by atoms with E-state index in [9.17, 15) is 13.6 Å². The van der Waals surface area contributed by atoms with Gasteiger partial charge < -0.3 is 10.1 Å². The van der Waals surface area contributed by atoms with Gasteiger partial charge in [-0.2, -0.15) is 13.9 Å². The first-order valence-electron chi connectivity index (χ1n) is 8.03. The summed E-state index contributed by atoms with van der Waals surface area (Å²) in [5, 5.41) is 11.6. The largest absolute Gasteiger partial charge is 0.434 e. The van der Waals surface area contributed by atoms with E-state index in [1.807, 2.05) is 37.4 Å². The number of rotatable bonds is 6. The molecule has 0 spiro atoms. The zero-order valence-electron chi connectivity index (χ0n) is 14.3. The smallest absolute Gasteiger partial charge is 0.387 e. The van der Waals surface area contributed by atoms with Crippen LogP contribution in [0.4, 0.5) is 8.78 Å². The van der Waals surface area contributed by atoms with Gasteiger partial charge in [0.15, 0.2) is 0 Å². The number of benzene rings is 1. The van der Waals surface area contributed by atoms with Crippen LogP contribution in [0.3, 0.4) is 0 Å². The number of thiophene rings is 1. The first-order valence-corrected chi connectivity index (χ1v) is 8.91. The molecule has 0 fully saturated rings. The number of para-hydroxylation sites is 1. The van der Waals surface area contributed by atoms with Gasteiger partial charge in [-0.05, 0) is 29.6 Å². The highest BCUT2D eigenvalue weighted by atomic mass is 32.1. The number of nitrogens with one attached hydrogen (secondary N) is 2. The lowest BCUT2D eigenvalue weighted by atomic mass is 10.2. The monoisotopic (exact) mass is 379 g/mol. The quantitative estimate of drug-likeness (QED) is 0.653. The summed E-state index contributed by atoms with van der Waals surface area (Å²) in [5.41, 5.74) is 1.55. The molecule has 0 bridgehead atoms. The zero-order valence-corrected chi connectivity index (χ0v) is 15.1. The van der Waals surface area contributed by atoms with Crippen molar-refractivity contribution in [3.05, 3.63) is 59.1 Å². The molecule has 26 heavy (non-hydrogen) atoms. The summed E-state index contributed by atoms with van der Waals surface area (Å²) >= 11 is 1.56. The van der Waals surface area contributed by atoms with E-state index in [0.717, 1.165) is 10.6 Å². The van der Waals surface area contributed by atoms with Crippen LogP contribution in [-0.4, -0.2) is 22.7 Å². The Morgan fingerprint density at radius 2 is 2.04 bits per heavy atom. The molecule has 2 heterocycles. The summed E-state index contributed by atoms with van der Waals surface area (Å²) < 4.78 is 29.1. The number of ether oxygens (including phenoxy) is 1. The standard InChI is InChI=1S/C16H13F2N3O2S.C2H6/c17-16(18)23-13-5-2-1-4-11(13)15(22)19-9-10-8-12(21-20-10)14-6-3-7-24-14;1-2/h1-8,16H,9H2,(H,19,22)(H,20,21);1-2H3. The lowest BCUT2D eigenvalue weighted by Crippen LogP contribution is -2.24. The lowest BCUT2D eigenvalue weighted by molar-refractivity contribution is -0.0501. The van der Waals surface area contributed by atoms with Crippen LogP contribution < -0.4 is 10.1 Å². The average Bonchev–Trinajstić information content (AvgIpc) is 3.33. The third-order valence-corrected chi connectivity index (χ3v) is 4.08. The van der Waals surface area contributed by atoms with Crippen molar-refractivity contribution in [1.29, 1.82) is 0 Å². The van der Waals surface area contributed by atoms with Crippen LogP contribution in [0.1, 0.15) is 29.9 Å². The van der Waals surface area contributed by atoms with E-state index in [4.69, 9.17) is 0 Å². The second-order valence-electron chi connectivity index (χ2n) is 4.81. The fourth-order valence-corrected chi connectivity index (χ4v) is 2.81. The van der Waals surface area contributed by atoms with Crippen molar-refractivity contribution < 1.29 is 18.3 Å². The van der Waals surface area contributed by atoms with Crippen molar-refractivity contribution in [3.8, 4) is 16.3 Å². The van der Waals surface area contributed by atoms with Crippen molar-refractivity contribution in [2.45, 2.75) is 27.0 Å². The Hall–Kier alpha value is -2.74. The van der Waals surface area contributed by atoms with Crippen LogP contribution in [0.15, 0.2) is 47.8 Å². The highest BCUT2D eigenvalue weighted by molar-refractivity contribution is 7.13. The van der Waals surface area contributed by atoms with E-state index in [1.54, 1.807) is 17.4 Å². The van der Waals surface area contributed by atoms with E-state index in [-0.39, 0.29) is 17.9 Å². The summed E-state index contributed by atoms with van der Waals surface area (Å²) in [6, 6.07) is 11.6. The maximum absolute atomic E-state index is 12.4. The molecule has 0 saturated heterocycles. The average molecular weight is 379 g/mol. The van der Waals surface area contributed by atoms with Crippen LogP contribution in [-0.2, 0) is 6.54 Å². The number of aromatic nitrogens is 2. The predicted molar refractivity (Wildman–Crippen MR) is 97.5 cm³/mol. The van der Waals surface area contributed by atoms with Crippen molar-refractivity contribution in [2.75, 3.05) is 0 Å². The van der Waals surface area contributed by atoms with Crippen LogP contribution in [0.2, 0.25) is 0 Å². The van der Waals surface area contributed by atoms with Crippen LogP contribution >= 0.6 is 11.3 Å². The Kier molecular flexibility index (Phi) is 7.28. The number of hydrogen-bond acceptors (Lipinski definition) is 4. The highest BCUT2D eigenvalue weighted by Crippen LogP contribution is 2.23. The van der Waals surface area contributed by atoms with Gasteiger partial charge in [-0.3, -0.25) is 9.89 Å². The number of H-pyrrole nitrogens is 1. The van der Waals surface area contributed by atoms with Gasteiger partial charge in [0, 0.05) is 0 Å². The minimum atomic E-state index is -2.99. The fourth-order valence-electron chi connectivity index (χ4n) is 2.13. The summed E-state index contributed by atoms with van der Waals surface area (Å²) in [6.45, 7) is 1.21. The van der Waals surface area contributed by atoms with E-state index >= 15 is 0 Å². The molecule has 138 valence electrons. The molecule has 0 atom stereocenters. The number of carbonyl (C=O) groups excluding carboxylic acids is 1. The Morgan fingerprint density at radius 1 is 1.27 bits per heavy atom. The third kappa shape index (κ3) is 5.13. The molecule has 1 aromatic carbocycles. The molecule has 0 unspecified atom stereocenters. The van der Waals surface area contributed by atoms with E-state index < -0.39 is 12.5 Å². The SMILES string of the molecule is CC.O=C(NCc1cc(-c2cccs2)n[nH]1)c1ccccc1OC(F)F. The molecule has 0 aliphatic heterocycles. The van der Waals surface area contributed by atoms with Crippen LogP contribution in [0.25, 0.3) is 10.6 Å². The van der Waals surface area contributed by atoms with Crippen LogP contribution in [0.5, 0.6) is 5.75 Å². The maximum atomic E-state index is 12.4. The molecular formula is C18H19F2N3O2S. The molecule has 0 saturated carbocycles. The number of aromatic amines is 1. The highest BCUT2D eigenvalue weighted by Gasteiger charge is 2.15. The minimum Gasteiger partial charge on any atom is -0.434 e. The van der Waals surface area contributed by atoms with Gasteiger partial charge in [0.2, 0.25) is 0 Å². The van der Waals surface area contributed by atoms with Crippen molar-refractivity contribution in [2.24, 2.45) is 0 Å². The second-order valence-corrected chi connectivity index (χ2v) is 5.76. The topological polar surface area (TPSA) is 67.0 Å². The summed E-state index contributed by atoms with van der Waals surface area (Å²) in [5.74, 6) is -0.660. The molecule has 3 aromatic rings. The zero-order chi connectivity index (χ0) is 18.9. The Morgan fingerprint density at radius 3 is 2.73 bits per heavy atom. The number of nitrogens with zero attached hydrogens (tertiary/aromatic N) is 1. The Labute approximate surface area is 154 Å². The number of carbonyl (C=O) groups is 1. The third-order valence-electron chi connectivity index (χ3n) is 3.19. The number of hydrogen-bond donors (Lipinski definition) is 2. The molecule has 2 N–H and O–H groups in total. The van der Waals surface area contributed by atoms with E-state index in [0.29, 0.717) is 5.69 Å². The maximum Gasteiger partial charge on any atom is 0.387 e. The van der Waals surface area contributed by atoms with Gasteiger partial charge in [0.05, 0.1) is 22.7 Å². The molecule has 8 heteroatoms. The van der Waals surface area contributed by atoms with Crippen molar-refractivity contribution >= 4 is 17.2 Å². The van der Waals surface area contributed by atoms with E-state index in [1.165, 1.54) is 18.2 Å². The number of halogens is 2. The first kappa shape index (κ1) is 19.6. The number of amides is 1. The van der Waals surface area contributed by atoms with Crippen LogP contribution in [0, 0.1) is 0 Å². The summed E-state index contributed by atoms with van der Waals surface area (Å²) in [6.07, 6.45) is 0. The molecule has 3 rings (SSSR count). The molecular weight excluding hydrogens is 360 g/mol. The molecule has 5 nitrogen and oxygen atoms in total. The molecule has 1 amide bonds. The lowest BCUT2D eigenvalue weighted by Gasteiger charge is -2.10. The van der Waals surface area contributed by atoms with Crippen molar-refractivity contribution in [3.63, 3.8) is 0 Å². The molecule has 0 aliphatic rings. The van der Waals surface area contributed by atoms with Gasteiger partial charge >= 0.3 is 6.61 Å². The molecule has 0 radical (unpaired) electrons. The molecule has 2 aromatic heterocycles. The van der Waals surface area contributed by atoms with Gasteiger partial charge in [-0.25, -0.2) is 0 Å². The van der Waals surface area contributed by atoms with Gasteiger partial charge in [-0.15, -0.1) is 11.3 Å². The Bertz CT molecular complexity index is 819. The second kappa shape index (κ2) is 9.67. The summed E-state index contributed by atoms with van der Waals surface area (Å²) in [4.78, 5) is 13.2. The first-order chi connectivity index (χ1) is 12.6. The minimum absolute atomic E-state index is 0.0517. The number of alkyl halides is 2. The van der Waals surface area contributed by atoms with Gasteiger partial charge in [0.25, 0.3) is 5.91 Å². The predicted octanol–water partition coefficient (Wildman–Crippen LogP) is 4.70. The normalized spacial score (nSPS) is 10.2.